The molecule has 1 saturated heterocycles. The van der Waals surface area contributed by atoms with Crippen molar-refractivity contribution in [2.24, 2.45) is 0 Å². The van der Waals surface area contributed by atoms with Crippen LogP contribution in [0.25, 0.3) is 0 Å². The molecule has 5 atom stereocenters. The normalized spacial score (nSPS) is 34.8. The van der Waals surface area contributed by atoms with Crippen LogP contribution in [0.3, 0.4) is 0 Å². The molecule has 1 aliphatic rings. The van der Waals surface area contributed by atoms with Crippen molar-refractivity contribution in [3.63, 3.8) is 0 Å². The molecule has 0 spiro atoms. The third-order valence-electron chi connectivity index (χ3n) is 2.61. The Balaban J connectivity index is 2.47. The largest absolute Gasteiger partial charge is 0.387 e. The van der Waals surface area contributed by atoms with Gasteiger partial charge in [0.05, 0.1) is 12.7 Å². The van der Waals surface area contributed by atoms with Crippen LogP contribution in [-0.2, 0) is 18.9 Å². The van der Waals surface area contributed by atoms with Crippen LogP contribution in [0.1, 0.15) is 27.7 Å². The number of aliphatic hydroxyl groups is 2. The molecule has 6 nitrogen and oxygen atoms in total. The van der Waals surface area contributed by atoms with Gasteiger partial charge in [-0.2, -0.15) is 0 Å². The van der Waals surface area contributed by atoms with Crippen LogP contribution < -0.4 is 0 Å². The zero-order valence-corrected chi connectivity index (χ0v) is 11.4. The van der Waals surface area contributed by atoms with Gasteiger partial charge >= 0.3 is 0 Å². The molecule has 2 N–H and O–H groups in total. The second-order valence-corrected chi connectivity index (χ2v) is 4.57. The first-order chi connectivity index (χ1) is 8.45. The number of aliphatic hydroxyl groups excluding tert-OH is 2. The predicted octanol–water partition coefficient (Wildman–Crippen LogP) is 0.257. The molecule has 0 amide bonds. The summed E-state index contributed by atoms with van der Waals surface area (Å²) in [6.45, 7) is 7.94. The average Bonchev–Trinajstić information content (AvgIpc) is 2.29. The first-order valence-electron chi connectivity index (χ1n) is 6.36. The standard InChI is InChI=1S/C12H24O6/c1-5-15-8(4)18-9-6-16-12(17-7(2)3)11(14)10(9)13/h7-14H,5-6H2,1-4H3. The fourth-order valence-corrected chi connectivity index (χ4v) is 1.80. The lowest BCUT2D eigenvalue weighted by molar-refractivity contribution is -0.302. The molecule has 6 heteroatoms. The molecule has 1 aliphatic heterocycles. The van der Waals surface area contributed by atoms with Gasteiger partial charge < -0.3 is 29.2 Å². The van der Waals surface area contributed by atoms with Crippen LogP contribution in [0.2, 0.25) is 0 Å². The van der Waals surface area contributed by atoms with Gasteiger partial charge in [-0.05, 0) is 27.7 Å². The molecule has 1 fully saturated rings. The van der Waals surface area contributed by atoms with E-state index in [0.29, 0.717) is 6.61 Å². The topological polar surface area (TPSA) is 77.4 Å². The highest BCUT2D eigenvalue weighted by atomic mass is 16.7. The molecule has 5 unspecified atom stereocenters. The summed E-state index contributed by atoms with van der Waals surface area (Å²) in [5, 5.41) is 19.8. The van der Waals surface area contributed by atoms with E-state index < -0.39 is 30.9 Å². The van der Waals surface area contributed by atoms with Gasteiger partial charge in [-0.25, -0.2) is 0 Å². The van der Waals surface area contributed by atoms with E-state index in [1.165, 1.54) is 0 Å². The van der Waals surface area contributed by atoms with Gasteiger partial charge in [0.15, 0.2) is 12.6 Å². The van der Waals surface area contributed by atoms with E-state index in [-0.39, 0.29) is 12.7 Å². The van der Waals surface area contributed by atoms with Crippen LogP contribution >= 0.6 is 0 Å². The Morgan fingerprint density at radius 2 is 1.83 bits per heavy atom. The number of ether oxygens (including phenoxy) is 4. The van der Waals surface area contributed by atoms with E-state index in [9.17, 15) is 10.2 Å². The van der Waals surface area contributed by atoms with E-state index in [1.807, 2.05) is 20.8 Å². The van der Waals surface area contributed by atoms with Crippen molar-refractivity contribution in [2.45, 2.75) is 64.7 Å². The number of rotatable bonds is 6. The molecule has 0 aliphatic carbocycles. The molecule has 1 heterocycles. The van der Waals surface area contributed by atoms with E-state index in [1.54, 1.807) is 6.92 Å². The lowest BCUT2D eigenvalue weighted by Gasteiger charge is -2.38. The SMILES string of the molecule is CCOC(C)OC1COC(OC(C)C)C(O)C1O. The van der Waals surface area contributed by atoms with Crippen molar-refractivity contribution in [3.8, 4) is 0 Å². The summed E-state index contributed by atoms with van der Waals surface area (Å²) >= 11 is 0. The van der Waals surface area contributed by atoms with Gasteiger partial charge in [-0.3, -0.25) is 0 Å². The van der Waals surface area contributed by atoms with Crippen molar-refractivity contribution >= 4 is 0 Å². The quantitative estimate of drug-likeness (QED) is 0.670. The monoisotopic (exact) mass is 264 g/mol. The summed E-state index contributed by atoms with van der Waals surface area (Å²) in [5.74, 6) is 0. The van der Waals surface area contributed by atoms with Crippen molar-refractivity contribution in [2.75, 3.05) is 13.2 Å². The van der Waals surface area contributed by atoms with Crippen LogP contribution in [-0.4, -0.2) is 60.4 Å². The molecule has 0 bridgehead atoms. The van der Waals surface area contributed by atoms with Crippen molar-refractivity contribution < 1.29 is 29.2 Å². The minimum Gasteiger partial charge on any atom is -0.387 e. The maximum atomic E-state index is 9.95. The smallest absolute Gasteiger partial charge is 0.186 e. The Kier molecular flexibility index (Phi) is 6.48. The summed E-state index contributed by atoms with van der Waals surface area (Å²) < 4.78 is 21.4. The lowest BCUT2D eigenvalue weighted by atomic mass is 10.1. The highest BCUT2D eigenvalue weighted by Crippen LogP contribution is 2.21. The van der Waals surface area contributed by atoms with E-state index in [0.717, 1.165) is 0 Å². The van der Waals surface area contributed by atoms with Crippen molar-refractivity contribution in [3.05, 3.63) is 0 Å². The van der Waals surface area contributed by atoms with Crippen LogP contribution in [0, 0.1) is 0 Å². The minimum absolute atomic E-state index is 0.0864. The summed E-state index contributed by atoms with van der Waals surface area (Å²) in [5.41, 5.74) is 0. The number of hydrogen-bond acceptors (Lipinski definition) is 6. The maximum absolute atomic E-state index is 9.95. The van der Waals surface area contributed by atoms with Crippen molar-refractivity contribution in [1.29, 1.82) is 0 Å². The van der Waals surface area contributed by atoms with Crippen LogP contribution in [0.4, 0.5) is 0 Å². The Morgan fingerprint density at radius 1 is 1.17 bits per heavy atom. The summed E-state index contributed by atoms with van der Waals surface area (Å²) in [4.78, 5) is 0. The lowest BCUT2D eigenvalue weighted by Crippen LogP contribution is -2.55. The highest BCUT2D eigenvalue weighted by Gasteiger charge is 2.40. The molecular formula is C12H24O6. The fraction of sp³-hybridized carbons (Fsp3) is 1.00. The molecule has 0 aromatic carbocycles. The average molecular weight is 264 g/mol. The van der Waals surface area contributed by atoms with E-state index in [4.69, 9.17) is 18.9 Å². The summed E-state index contributed by atoms with van der Waals surface area (Å²) in [6, 6.07) is 0. The maximum Gasteiger partial charge on any atom is 0.186 e. The van der Waals surface area contributed by atoms with Crippen LogP contribution in [0.15, 0.2) is 0 Å². The van der Waals surface area contributed by atoms with Gasteiger partial charge in [0.1, 0.15) is 18.3 Å². The summed E-state index contributed by atoms with van der Waals surface area (Å²) in [6.07, 6.45) is -4.15. The third kappa shape index (κ3) is 4.46. The molecular weight excluding hydrogens is 240 g/mol. The molecule has 108 valence electrons. The third-order valence-corrected chi connectivity index (χ3v) is 2.61. The molecule has 0 radical (unpaired) electrons. The highest BCUT2D eigenvalue weighted by molar-refractivity contribution is 4.84. The minimum atomic E-state index is -1.13. The second kappa shape index (κ2) is 7.37. The summed E-state index contributed by atoms with van der Waals surface area (Å²) in [7, 11) is 0. The molecule has 0 aromatic rings. The molecule has 1 rings (SSSR count). The number of hydrogen-bond donors (Lipinski definition) is 2. The predicted molar refractivity (Wildman–Crippen MR) is 63.9 cm³/mol. The Morgan fingerprint density at radius 3 is 2.39 bits per heavy atom. The van der Waals surface area contributed by atoms with Gasteiger partial charge in [0.2, 0.25) is 0 Å². The van der Waals surface area contributed by atoms with Crippen molar-refractivity contribution in [1.82, 2.24) is 0 Å². The first-order valence-corrected chi connectivity index (χ1v) is 6.36. The van der Waals surface area contributed by atoms with E-state index >= 15 is 0 Å². The van der Waals surface area contributed by atoms with Gasteiger partial charge in [0, 0.05) is 6.61 Å². The molecule has 0 aromatic heterocycles. The van der Waals surface area contributed by atoms with Gasteiger partial charge in [-0.1, -0.05) is 0 Å². The second-order valence-electron chi connectivity index (χ2n) is 4.57. The zero-order valence-electron chi connectivity index (χ0n) is 11.4. The van der Waals surface area contributed by atoms with E-state index in [2.05, 4.69) is 0 Å². The Bertz CT molecular complexity index is 235. The van der Waals surface area contributed by atoms with Gasteiger partial charge in [0.25, 0.3) is 0 Å². The van der Waals surface area contributed by atoms with Crippen LogP contribution in [0.5, 0.6) is 0 Å². The van der Waals surface area contributed by atoms with Gasteiger partial charge in [-0.15, -0.1) is 0 Å². The molecule has 0 saturated carbocycles. The first kappa shape index (κ1) is 15.8. The molecule has 18 heavy (non-hydrogen) atoms. The fourth-order valence-electron chi connectivity index (χ4n) is 1.80. The Labute approximate surface area is 108 Å². The zero-order chi connectivity index (χ0) is 13.7. The Hall–Kier alpha value is -0.240.